The van der Waals surface area contributed by atoms with Crippen molar-refractivity contribution in [2.24, 2.45) is 15.1 Å². The van der Waals surface area contributed by atoms with E-state index in [0.29, 0.717) is 24.7 Å². The number of hydrogen-bond donors (Lipinski definition) is 2. The van der Waals surface area contributed by atoms with Gasteiger partial charge in [0, 0.05) is 12.1 Å². The van der Waals surface area contributed by atoms with E-state index in [2.05, 4.69) is 15.3 Å². The van der Waals surface area contributed by atoms with E-state index in [1.54, 1.807) is 0 Å². The van der Waals surface area contributed by atoms with Crippen molar-refractivity contribution in [2.45, 2.75) is 4.90 Å². The van der Waals surface area contributed by atoms with Crippen molar-refractivity contribution in [1.29, 1.82) is 0 Å². The Morgan fingerprint density at radius 1 is 1.22 bits per heavy atom. The van der Waals surface area contributed by atoms with E-state index in [1.807, 2.05) is 29.2 Å². The number of nitrogens with two attached hydrogens (primary N) is 1. The summed E-state index contributed by atoms with van der Waals surface area (Å²) in [5.74, 6) is 0.596. The van der Waals surface area contributed by atoms with Crippen molar-refractivity contribution in [1.82, 2.24) is 10.2 Å². The van der Waals surface area contributed by atoms with E-state index < -0.39 is 15.9 Å². The zero-order valence-corrected chi connectivity index (χ0v) is 15.5. The maximum absolute atomic E-state index is 12.7. The Balaban J connectivity index is 1.66. The van der Waals surface area contributed by atoms with E-state index in [9.17, 15) is 13.2 Å². The molecule has 0 aromatic heterocycles. The fraction of sp³-hybridized carbons (Fsp3) is 0.118. The Morgan fingerprint density at radius 3 is 2.74 bits per heavy atom. The molecule has 0 saturated carbocycles. The molecule has 8 nitrogen and oxygen atoms in total. The molecule has 0 radical (unpaired) electrons. The number of rotatable bonds is 2. The molecule has 2 aromatic carbocycles. The third kappa shape index (κ3) is 3.20. The molecule has 0 atom stereocenters. The van der Waals surface area contributed by atoms with Crippen LogP contribution in [0.15, 0.2) is 57.3 Å². The molecule has 0 aliphatic carbocycles. The lowest BCUT2D eigenvalue weighted by atomic mass is 10.1. The lowest BCUT2D eigenvalue weighted by Gasteiger charge is -2.27. The number of carbonyl (C=O) groups is 1. The molecule has 2 aromatic rings. The molecular weight excluding hydrogens is 390 g/mol. The van der Waals surface area contributed by atoms with Gasteiger partial charge in [-0.1, -0.05) is 23.7 Å². The van der Waals surface area contributed by atoms with Gasteiger partial charge < -0.3 is 0 Å². The van der Waals surface area contributed by atoms with Gasteiger partial charge in [-0.05, 0) is 30.3 Å². The van der Waals surface area contributed by atoms with Crippen LogP contribution in [-0.4, -0.2) is 44.1 Å². The zero-order valence-electron chi connectivity index (χ0n) is 13.9. The minimum absolute atomic E-state index is 0.0221. The predicted octanol–water partition coefficient (Wildman–Crippen LogP) is 1.48. The number of para-hydroxylation sites is 1. The van der Waals surface area contributed by atoms with E-state index >= 15 is 0 Å². The molecule has 4 rings (SSSR count). The average molecular weight is 404 g/mol. The number of nitrogens with one attached hydrogen (secondary N) is 1. The molecule has 0 fully saturated rings. The Morgan fingerprint density at radius 2 is 2.00 bits per heavy atom. The number of guanidine groups is 1. The SMILES string of the molecule is NS(=O)(=O)c1ccc(C(=O)NC2=Nc3ccccc3C3=NCCN23)c(Cl)c1. The molecule has 0 spiro atoms. The second-order valence-electron chi connectivity index (χ2n) is 5.95. The summed E-state index contributed by atoms with van der Waals surface area (Å²) in [4.78, 5) is 23.3. The Kier molecular flexibility index (Phi) is 4.22. The van der Waals surface area contributed by atoms with E-state index in [4.69, 9.17) is 16.7 Å². The van der Waals surface area contributed by atoms with Gasteiger partial charge >= 0.3 is 0 Å². The van der Waals surface area contributed by atoms with Crippen molar-refractivity contribution < 1.29 is 13.2 Å². The van der Waals surface area contributed by atoms with Gasteiger partial charge in [0.2, 0.25) is 16.0 Å². The molecule has 2 heterocycles. The van der Waals surface area contributed by atoms with Crippen molar-refractivity contribution >= 4 is 45.0 Å². The number of aliphatic imine (C=N–C) groups is 2. The molecular formula is C17H14ClN5O3S. The molecule has 10 heteroatoms. The quantitative estimate of drug-likeness (QED) is 0.789. The normalized spacial score (nSPS) is 15.6. The smallest absolute Gasteiger partial charge is 0.259 e. The van der Waals surface area contributed by atoms with Gasteiger partial charge in [-0.25, -0.2) is 18.5 Å². The predicted molar refractivity (Wildman–Crippen MR) is 102 cm³/mol. The molecule has 138 valence electrons. The molecule has 0 bridgehead atoms. The molecule has 1 amide bonds. The van der Waals surface area contributed by atoms with Crippen molar-refractivity contribution in [3.05, 3.63) is 58.6 Å². The summed E-state index contributed by atoms with van der Waals surface area (Å²) in [5.41, 5.74) is 1.73. The van der Waals surface area contributed by atoms with Crippen LogP contribution in [0.2, 0.25) is 5.02 Å². The fourth-order valence-electron chi connectivity index (χ4n) is 2.94. The summed E-state index contributed by atoms with van der Waals surface area (Å²) in [5, 5.41) is 7.79. The average Bonchev–Trinajstić information content (AvgIpc) is 3.11. The van der Waals surface area contributed by atoms with Gasteiger partial charge in [0.1, 0.15) is 5.84 Å². The van der Waals surface area contributed by atoms with Crippen molar-refractivity contribution in [3.63, 3.8) is 0 Å². The summed E-state index contributed by atoms with van der Waals surface area (Å²) in [6, 6.07) is 11.2. The van der Waals surface area contributed by atoms with Crippen LogP contribution in [0.4, 0.5) is 5.69 Å². The first-order valence-electron chi connectivity index (χ1n) is 7.98. The number of benzene rings is 2. The number of primary sulfonamides is 1. The number of nitrogens with zero attached hydrogens (tertiary/aromatic N) is 3. The summed E-state index contributed by atoms with van der Waals surface area (Å²) < 4.78 is 22.8. The van der Waals surface area contributed by atoms with E-state index in [1.165, 1.54) is 12.1 Å². The third-order valence-corrected chi connectivity index (χ3v) is 5.43. The number of halogens is 1. The Bertz CT molecular complexity index is 1130. The highest BCUT2D eigenvalue weighted by Crippen LogP contribution is 2.28. The third-order valence-electron chi connectivity index (χ3n) is 4.21. The minimum Gasteiger partial charge on any atom is -0.294 e. The monoisotopic (exact) mass is 403 g/mol. The van der Waals surface area contributed by atoms with E-state index in [-0.39, 0.29) is 15.5 Å². The molecule has 0 unspecified atom stereocenters. The number of amidine groups is 1. The van der Waals surface area contributed by atoms with Crippen molar-refractivity contribution in [2.75, 3.05) is 13.1 Å². The van der Waals surface area contributed by atoms with Crippen LogP contribution in [0, 0.1) is 0 Å². The minimum atomic E-state index is -3.90. The summed E-state index contributed by atoms with van der Waals surface area (Å²) in [7, 11) is -3.90. The Hall–Kier alpha value is -2.75. The highest BCUT2D eigenvalue weighted by molar-refractivity contribution is 7.89. The second-order valence-corrected chi connectivity index (χ2v) is 7.92. The maximum atomic E-state index is 12.7. The van der Waals surface area contributed by atoms with Gasteiger partial charge in [-0.2, -0.15) is 0 Å². The lowest BCUT2D eigenvalue weighted by Crippen LogP contribution is -2.47. The number of hydrogen-bond acceptors (Lipinski definition) is 6. The fourth-order valence-corrected chi connectivity index (χ4v) is 3.81. The largest absolute Gasteiger partial charge is 0.294 e. The molecule has 3 N–H and O–H groups in total. The number of amides is 1. The van der Waals surface area contributed by atoms with E-state index in [0.717, 1.165) is 17.5 Å². The summed E-state index contributed by atoms with van der Waals surface area (Å²) in [6.07, 6.45) is 0. The van der Waals surface area contributed by atoms with Gasteiger partial charge in [-0.15, -0.1) is 0 Å². The van der Waals surface area contributed by atoms with Crippen molar-refractivity contribution in [3.8, 4) is 0 Å². The number of carbonyl (C=O) groups excluding carboxylic acids is 1. The van der Waals surface area contributed by atoms with Crippen LogP contribution < -0.4 is 10.5 Å². The zero-order chi connectivity index (χ0) is 19.2. The van der Waals surface area contributed by atoms with Gasteiger partial charge in [0.15, 0.2) is 0 Å². The van der Waals surface area contributed by atoms with Gasteiger partial charge in [0.05, 0.1) is 27.7 Å². The summed E-state index contributed by atoms with van der Waals surface area (Å²) >= 11 is 6.08. The second kappa shape index (κ2) is 6.45. The van der Waals surface area contributed by atoms with Gasteiger partial charge in [0.25, 0.3) is 5.91 Å². The van der Waals surface area contributed by atoms with Crippen LogP contribution >= 0.6 is 11.6 Å². The lowest BCUT2D eigenvalue weighted by molar-refractivity contribution is 0.0974. The molecule has 2 aliphatic rings. The summed E-state index contributed by atoms with van der Waals surface area (Å²) in [6.45, 7) is 1.20. The number of fused-ring (bicyclic) bond motifs is 3. The highest BCUT2D eigenvalue weighted by Gasteiger charge is 2.30. The topological polar surface area (TPSA) is 117 Å². The standard InChI is InChI=1S/C17H14ClN5O3S/c18-13-9-10(27(19,25)26)5-6-11(13)16(24)22-17-21-14-4-2-1-3-12(14)15-20-7-8-23(15)17/h1-6,9H,7-8H2,(H2,19,25,26)(H,21,22,24). The first-order chi connectivity index (χ1) is 12.8. The van der Waals surface area contributed by atoms with Crippen LogP contribution in [0.5, 0.6) is 0 Å². The van der Waals surface area contributed by atoms with Crippen LogP contribution in [0.3, 0.4) is 0 Å². The van der Waals surface area contributed by atoms with Crippen LogP contribution in [-0.2, 0) is 10.0 Å². The first kappa shape index (κ1) is 17.7. The first-order valence-corrected chi connectivity index (χ1v) is 9.91. The van der Waals surface area contributed by atoms with Crippen LogP contribution in [0.25, 0.3) is 0 Å². The number of sulfonamides is 1. The van der Waals surface area contributed by atoms with Gasteiger partial charge in [-0.3, -0.25) is 20.0 Å². The highest BCUT2D eigenvalue weighted by atomic mass is 35.5. The molecule has 0 saturated heterocycles. The molecule has 2 aliphatic heterocycles. The maximum Gasteiger partial charge on any atom is 0.259 e. The molecule has 27 heavy (non-hydrogen) atoms. The van der Waals surface area contributed by atoms with Crippen LogP contribution in [0.1, 0.15) is 15.9 Å². The Labute approximate surface area is 160 Å².